The lowest BCUT2D eigenvalue weighted by atomic mass is 10.0. The first-order valence-corrected chi connectivity index (χ1v) is 9.02. The molecule has 0 saturated carbocycles. The Labute approximate surface area is 168 Å². The van der Waals surface area contributed by atoms with E-state index in [1.807, 2.05) is 45.0 Å². The zero-order valence-corrected chi connectivity index (χ0v) is 16.5. The Kier molecular flexibility index (Phi) is 5.34. The Balaban J connectivity index is 2.12. The van der Waals surface area contributed by atoms with Crippen LogP contribution in [0.5, 0.6) is 0 Å². The molecule has 0 N–H and O–H groups in total. The van der Waals surface area contributed by atoms with Crippen LogP contribution in [0, 0.1) is 42.2 Å². The van der Waals surface area contributed by atoms with Crippen molar-refractivity contribution in [1.29, 1.82) is 5.26 Å². The number of nitro groups is 1. The van der Waals surface area contributed by atoms with E-state index in [1.54, 1.807) is 18.2 Å². The van der Waals surface area contributed by atoms with Crippen molar-refractivity contribution in [2.75, 3.05) is 0 Å². The van der Waals surface area contributed by atoms with Crippen LogP contribution < -0.4 is 0 Å². The Morgan fingerprint density at radius 1 is 1.18 bits per heavy atom. The topological polar surface area (TPSA) is 71.9 Å². The molecule has 0 aliphatic carbocycles. The van der Waals surface area contributed by atoms with Crippen LogP contribution in [0.2, 0.25) is 5.02 Å². The number of nitrogens with zero attached hydrogens (tertiary/aromatic N) is 3. The van der Waals surface area contributed by atoms with Gasteiger partial charge in [-0.3, -0.25) is 10.1 Å². The van der Waals surface area contributed by atoms with E-state index in [0.29, 0.717) is 16.2 Å². The van der Waals surface area contributed by atoms with Crippen LogP contribution in [0.4, 0.5) is 5.69 Å². The maximum absolute atomic E-state index is 11.0. The van der Waals surface area contributed by atoms with Crippen molar-refractivity contribution in [3.05, 3.63) is 91.7 Å². The minimum Gasteiger partial charge on any atom is -0.318 e. The molecule has 5 nitrogen and oxygen atoms in total. The highest BCUT2D eigenvalue weighted by Crippen LogP contribution is 2.29. The van der Waals surface area contributed by atoms with Gasteiger partial charge < -0.3 is 4.57 Å². The average Bonchev–Trinajstić information content (AvgIpc) is 2.95. The average molecular weight is 392 g/mol. The normalized spacial score (nSPS) is 11.3. The summed E-state index contributed by atoms with van der Waals surface area (Å²) in [4.78, 5) is 10.6. The predicted molar refractivity (Wildman–Crippen MR) is 112 cm³/mol. The molecule has 0 fully saturated rings. The number of nitro benzene ring substituents is 1. The van der Waals surface area contributed by atoms with Gasteiger partial charge in [-0.05, 0) is 61.7 Å². The molecule has 1 aromatic heterocycles. The van der Waals surface area contributed by atoms with Gasteiger partial charge in [0.05, 0.1) is 16.6 Å². The van der Waals surface area contributed by atoms with E-state index < -0.39 is 4.92 Å². The molecule has 0 amide bonds. The number of aryl methyl sites for hydroxylation is 1. The van der Waals surface area contributed by atoms with Crippen molar-refractivity contribution < 1.29 is 4.92 Å². The third kappa shape index (κ3) is 3.55. The molecule has 0 saturated heterocycles. The van der Waals surface area contributed by atoms with Gasteiger partial charge in [0.2, 0.25) is 0 Å². The molecule has 0 aliphatic rings. The number of hydrogen-bond donors (Lipinski definition) is 0. The first-order valence-electron chi connectivity index (χ1n) is 8.64. The summed E-state index contributed by atoms with van der Waals surface area (Å²) in [6, 6.07) is 16.0. The van der Waals surface area contributed by atoms with E-state index in [4.69, 9.17) is 11.6 Å². The molecule has 0 radical (unpaired) electrons. The summed E-state index contributed by atoms with van der Waals surface area (Å²) in [6.07, 6.45) is 1.76. The number of nitriles is 1. The van der Waals surface area contributed by atoms with Crippen molar-refractivity contribution in [3.63, 3.8) is 0 Å². The standard InChI is InChI=1S/C22H18ClN3O2/c1-14-10-18(16(3)25(14)22-9-5-8-21(23)15(22)2)11-19(13-24)17-6-4-7-20(12-17)26(27)28/h4-12H,1-3H3/b19-11-. The van der Waals surface area contributed by atoms with Gasteiger partial charge in [0.25, 0.3) is 5.69 Å². The van der Waals surface area contributed by atoms with Gasteiger partial charge in [-0.25, -0.2) is 0 Å². The lowest BCUT2D eigenvalue weighted by Gasteiger charge is -2.13. The van der Waals surface area contributed by atoms with Crippen molar-refractivity contribution >= 4 is 28.9 Å². The molecule has 28 heavy (non-hydrogen) atoms. The van der Waals surface area contributed by atoms with Gasteiger partial charge >= 0.3 is 0 Å². The van der Waals surface area contributed by atoms with E-state index in [0.717, 1.165) is 28.2 Å². The zero-order valence-electron chi connectivity index (χ0n) is 15.7. The van der Waals surface area contributed by atoms with Crippen LogP contribution in [0.15, 0.2) is 48.5 Å². The van der Waals surface area contributed by atoms with Crippen LogP contribution in [-0.2, 0) is 0 Å². The summed E-state index contributed by atoms with van der Waals surface area (Å²) >= 11 is 6.28. The Hall–Kier alpha value is -3.36. The van der Waals surface area contributed by atoms with E-state index in [9.17, 15) is 15.4 Å². The number of allylic oxidation sites excluding steroid dienone is 1. The van der Waals surface area contributed by atoms with E-state index in [2.05, 4.69) is 10.6 Å². The van der Waals surface area contributed by atoms with Gasteiger partial charge in [-0.1, -0.05) is 29.8 Å². The molecule has 6 heteroatoms. The Morgan fingerprint density at radius 3 is 2.57 bits per heavy atom. The molecule has 3 aromatic rings. The van der Waals surface area contributed by atoms with E-state index in [-0.39, 0.29) is 5.69 Å². The molecule has 0 spiro atoms. The summed E-state index contributed by atoms with van der Waals surface area (Å²) in [5, 5.41) is 21.3. The molecule has 0 unspecified atom stereocenters. The van der Waals surface area contributed by atoms with Gasteiger partial charge in [-0.15, -0.1) is 0 Å². The van der Waals surface area contributed by atoms with Gasteiger partial charge in [0.1, 0.15) is 0 Å². The fraction of sp³-hybridized carbons (Fsp3) is 0.136. The van der Waals surface area contributed by atoms with Crippen LogP contribution in [0.25, 0.3) is 17.3 Å². The quantitative estimate of drug-likeness (QED) is 0.309. The summed E-state index contributed by atoms with van der Waals surface area (Å²) in [7, 11) is 0. The second-order valence-electron chi connectivity index (χ2n) is 6.52. The number of rotatable bonds is 4. The van der Waals surface area contributed by atoms with E-state index >= 15 is 0 Å². The summed E-state index contributed by atoms with van der Waals surface area (Å²) in [5.74, 6) is 0. The molecule has 0 aliphatic heterocycles. The molecule has 2 aromatic carbocycles. The second kappa shape index (κ2) is 7.71. The van der Waals surface area contributed by atoms with Crippen molar-refractivity contribution in [2.45, 2.75) is 20.8 Å². The van der Waals surface area contributed by atoms with Gasteiger partial charge in [0.15, 0.2) is 0 Å². The first kappa shape index (κ1) is 19.4. The maximum Gasteiger partial charge on any atom is 0.270 e. The first-order chi connectivity index (χ1) is 13.3. The number of halogens is 1. The fourth-order valence-corrected chi connectivity index (χ4v) is 3.43. The van der Waals surface area contributed by atoms with Crippen LogP contribution in [0.1, 0.15) is 28.1 Å². The summed E-state index contributed by atoms with van der Waals surface area (Å²) < 4.78 is 2.09. The minimum atomic E-state index is -0.466. The third-order valence-corrected chi connectivity index (χ3v) is 5.15. The Bertz CT molecular complexity index is 1150. The maximum atomic E-state index is 11.0. The molecular formula is C22H18ClN3O2. The third-order valence-electron chi connectivity index (χ3n) is 4.74. The molecule has 0 atom stereocenters. The lowest BCUT2D eigenvalue weighted by Crippen LogP contribution is -2.01. The summed E-state index contributed by atoms with van der Waals surface area (Å²) in [5.41, 5.74) is 5.63. The van der Waals surface area contributed by atoms with Crippen molar-refractivity contribution in [2.24, 2.45) is 0 Å². The lowest BCUT2D eigenvalue weighted by molar-refractivity contribution is -0.384. The van der Waals surface area contributed by atoms with Crippen molar-refractivity contribution in [3.8, 4) is 11.8 Å². The van der Waals surface area contributed by atoms with Crippen LogP contribution in [-0.4, -0.2) is 9.49 Å². The minimum absolute atomic E-state index is 0.0429. The number of non-ortho nitro benzene ring substituents is 1. The number of aromatic nitrogens is 1. The predicted octanol–water partition coefficient (Wildman–Crippen LogP) is 6.03. The number of benzene rings is 2. The monoisotopic (exact) mass is 391 g/mol. The highest BCUT2D eigenvalue weighted by atomic mass is 35.5. The van der Waals surface area contributed by atoms with E-state index in [1.165, 1.54) is 12.1 Å². The van der Waals surface area contributed by atoms with Crippen LogP contribution >= 0.6 is 11.6 Å². The van der Waals surface area contributed by atoms with Gasteiger partial charge in [0, 0.05) is 34.2 Å². The molecule has 3 rings (SSSR count). The summed E-state index contributed by atoms with van der Waals surface area (Å²) in [6.45, 7) is 5.93. The molecule has 1 heterocycles. The highest BCUT2D eigenvalue weighted by Gasteiger charge is 2.14. The van der Waals surface area contributed by atoms with Crippen molar-refractivity contribution in [1.82, 2.24) is 4.57 Å². The fourth-order valence-electron chi connectivity index (χ4n) is 3.27. The largest absolute Gasteiger partial charge is 0.318 e. The molecule has 140 valence electrons. The SMILES string of the molecule is Cc1c(Cl)cccc1-n1c(C)cc(/C=C(/C#N)c2cccc([N+](=O)[O-])c2)c1C. The zero-order chi connectivity index (χ0) is 20.4. The van der Waals surface area contributed by atoms with Gasteiger partial charge in [-0.2, -0.15) is 5.26 Å². The molecular weight excluding hydrogens is 374 g/mol. The number of hydrogen-bond acceptors (Lipinski definition) is 3. The molecule has 0 bridgehead atoms. The smallest absolute Gasteiger partial charge is 0.270 e. The van der Waals surface area contributed by atoms with Crippen LogP contribution in [0.3, 0.4) is 0 Å². The second-order valence-corrected chi connectivity index (χ2v) is 6.93. The highest BCUT2D eigenvalue weighted by molar-refractivity contribution is 6.31. The Morgan fingerprint density at radius 2 is 1.89 bits per heavy atom.